The quantitative estimate of drug-likeness (QED) is 0.893. The van der Waals surface area contributed by atoms with Crippen LogP contribution in [0.3, 0.4) is 0 Å². The van der Waals surface area contributed by atoms with Crippen molar-refractivity contribution in [3.8, 4) is 0 Å². The van der Waals surface area contributed by atoms with Gasteiger partial charge in [0.2, 0.25) is 5.91 Å². The zero-order valence-corrected chi connectivity index (χ0v) is 15.5. The molecule has 0 saturated carbocycles. The predicted octanol–water partition coefficient (Wildman–Crippen LogP) is 1.63. The van der Waals surface area contributed by atoms with Gasteiger partial charge in [0.25, 0.3) is 0 Å². The van der Waals surface area contributed by atoms with Crippen molar-refractivity contribution in [1.82, 2.24) is 15.1 Å². The van der Waals surface area contributed by atoms with Crippen LogP contribution in [0.25, 0.3) is 0 Å². The molecular formula is C20H27N3O3. The molecule has 3 fully saturated rings. The van der Waals surface area contributed by atoms with Gasteiger partial charge < -0.3 is 15.0 Å². The molecule has 0 aliphatic carbocycles. The Morgan fingerprint density at radius 2 is 1.85 bits per heavy atom. The van der Waals surface area contributed by atoms with Crippen molar-refractivity contribution >= 4 is 12.0 Å². The summed E-state index contributed by atoms with van der Waals surface area (Å²) >= 11 is 0. The molecule has 1 N–H and O–H groups in total. The molecule has 0 radical (unpaired) electrons. The predicted molar refractivity (Wildman–Crippen MR) is 98.0 cm³/mol. The van der Waals surface area contributed by atoms with Gasteiger partial charge in [-0.3, -0.25) is 9.69 Å². The molecule has 1 aromatic carbocycles. The molecule has 140 valence electrons. The molecular weight excluding hydrogens is 330 g/mol. The maximum atomic E-state index is 12.7. The number of rotatable bonds is 3. The van der Waals surface area contributed by atoms with E-state index in [2.05, 4.69) is 37.4 Å². The summed E-state index contributed by atoms with van der Waals surface area (Å²) in [5.41, 5.74) is 3.47. The molecule has 3 heterocycles. The third kappa shape index (κ3) is 3.30. The lowest BCUT2D eigenvalue weighted by Crippen LogP contribution is -2.51. The molecule has 6 heteroatoms. The van der Waals surface area contributed by atoms with Crippen LogP contribution in [0.4, 0.5) is 4.79 Å². The Morgan fingerprint density at radius 3 is 2.54 bits per heavy atom. The van der Waals surface area contributed by atoms with Gasteiger partial charge in [0.05, 0.1) is 12.5 Å². The smallest absolute Gasteiger partial charge is 0.410 e. The number of likely N-dealkylation sites (tertiary alicyclic amines) is 1. The number of piperidine rings is 1. The van der Waals surface area contributed by atoms with E-state index >= 15 is 0 Å². The fourth-order valence-corrected chi connectivity index (χ4v) is 4.64. The molecule has 1 aromatic rings. The average molecular weight is 357 g/mol. The highest BCUT2D eigenvalue weighted by molar-refractivity contribution is 5.79. The summed E-state index contributed by atoms with van der Waals surface area (Å²) in [6, 6.07) is 6.64. The second kappa shape index (κ2) is 6.91. The summed E-state index contributed by atoms with van der Waals surface area (Å²) < 4.78 is 5.47. The van der Waals surface area contributed by atoms with E-state index in [1.807, 2.05) is 9.80 Å². The SMILES string of the molecule is Cc1cc(C)cc(CC(=O)N2CCC(N3C(=O)O[C@H]4CNC[C@H]43)CC2)c1. The zero-order valence-electron chi connectivity index (χ0n) is 15.5. The molecule has 3 aliphatic heterocycles. The standard InChI is InChI=1S/C20H27N3O3/c1-13-7-14(2)9-15(8-13)10-19(24)22-5-3-16(4-6-22)23-17-11-21-12-18(17)26-20(23)25/h7-9,16-18,21H,3-6,10-12H2,1-2H3/t17-,18+/m1/s1. The lowest BCUT2D eigenvalue weighted by Gasteiger charge is -2.37. The van der Waals surface area contributed by atoms with Crippen LogP contribution < -0.4 is 5.32 Å². The van der Waals surface area contributed by atoms with Crippen LogP contribution in [-0.2, 0) is 16.0 Å². The summed E-state index contributed by atoms with van der Waals surface area (Å²) in [4.78, 5) is 28.7. The Morgan fingerprint density at radius 1 is 1.15 bits per heavy atom. The van der Waals surface area contributed by atoms with Crippen molar-refractivity contribution in [2.24, 2.45) is 0 Å². The minimum atomic E-state index is -0.179. The Bertz CT molecular complexity index is 692. The van der Waals surface area contributed by atoms with Gasteiger partial charge in [0.15, 0.2) is 0 Å². The summed E-state index contributed by atoms with van der Waals surface area (Å²) in [6.07, 6.45) is 1.93. The number of benzene rings is 1. The van der Waals surface area contributed by atoms with Crippen molar-refractivity contribution in [2.45, 2.75) is 51.3 Å². The monoisotopic (exact) mass is 357 g/mol. The summed E-state index contributed by atoms with van der Waals surface area (Å²) in [5, 5.41) is 3.29. The topological polar surface area (TPSA) is 61.9 Å². The number of hydrogen-bond donors (Lipinski definition) is 1. The van der Waals surface area contributed by atoms with Crippen molar-refractivity contribution in [3.63, 3.8) is 0 Å². The number of amides is 2. The number of ether oxygens (including phenoxy) is 1. The molecule has 3 aliphatic rings. The van der Waals surface area contributed by atoms with Gasteiger partial charge in [-0.25, -0.2) is 4.79 Å². The first kappa shape index (κ1) is 17.3. The summed E-state index contributed by atoms with van der Waals surface area (Å²) in [6.45, 7) is 7.10. The fourth-order valence-electron chi connectivity index (χ4n) is 4.64. The molecule has 2 amide bonds. The van der Waals surface area contributed by atoms with Crippen LogP contribution in [0.5, 0.6) is 0 Å². The fraction of sp³-hybridized carbons (Fsp3) is 0.600. The van der Waals surface area contributed by atoms with E-state index in [9.17, 15) is 9.59 Å². The molecule has 3 saturated heterocycles. The zero-order chi connectivity index (χ0) is 18.3. The molecule has 2 atom stereocenters. The van der Waals surface area contributed by atoms with Crippen LogP contribution in [0.15, 0.2) is 18.2 Å². The third-order valence-corrected chi connectivity index (χ3v) is 5.80. The van der Waals surface area contributed by atoms with Crippen molar-refractivity contribution in [2.75, 3.05) is 26.2 Å². The van der Waals surface area contributed by atoms with Gasteiger partial charge in [0, 0.05) is 32.2 Å². The van der Waals surface area contributed by atoms with Crippen LogP contribution in [-0.4, -0.2) is 66.2 Å². The second-order valence-electron chi connectivity index (χ2n) is 7.84. The summed E-state index contributed by atoms with van der Waals surface area (Å²) in [7, 11) is 0. The van der Waals surface area contributed by atoms with E-state index in [-0.39, 0.29) is 30.2 Å². The molecule has 4 rings (SSSR count). The van der Waals surface area contributed by atoms with Crippen molar-refractivity contribution < 1.29 is 14.3 Å². The van der Waals surface area contributed by atoms with E-state index in [1.54, 1.807) is 0 Å². The Labute approximate surface area is 154 Å². The lowest BCUT2D eigenvalue weighted by molar-refractivity contribution is -0.131. The van der Waals surface area contributed by atoms with Crippen LogP contribution in [0.1, 0.15) is 29.5 Å². The minimum Gasteiger partial charge on any atom is -0.442 e. The van der Waals surface area contributed by atoms with E-state index in [0.717, 1.165) is 31.5 Å². The molecule has 0 aromatic heterocycles. The second-order valence-corrected chi connectivity index (χ2v) is 7.84. The van der Waals surface area contributed by atoms with Gasteiger partial charge in [-0.2, -0.15) is 0 Å². The lowest BCUT2D eigenvalue weighted by atomic mass is 10.00. The molecule has 26 heavy (non-hydrogen) atoms. The first-order valence-corrected chi connectivity index (χ1v) is 9.56. The Hall–Kier alpha value is -2.08. The average Bonchev–Trinajstić information content (AvgIpc) is 3.14. The van der Waals surface area contributed by atoms with E-state index in [0.29, 0.717) is 19.5 Å². The number of carbonyl (C=O) groups is 2. The molecule has 6 nitrogen and oxygen atoms in total. The highest BCUT2D eigenvalue weighted by atomic mass is 16.6. The first-order valence-electron chi connectivity index (χ1n) is 9.56. The Balaban J connectivity index is 1.34. The maximum absolute atomic E-state index is 12.7. The third-order valence-electron chi connectivity index (χ3n) is 5.80. The number of carbonyl (C=O) groups excluding carboxylic acids is 2. The van der Waals surface area contributed by atoms with Gasteiger partial charge in [-0.05, 0) is 32.3 Å². The molecule has 0 bridgehead atoms. The first-order chi connectivity index (χ1) is 12.5. The number of nitrogens with one attached hydrogen (secondary N) is 1. The molecule has 0 spiro atoms. The van der Waals surface area contributed by atoms with Crippen LogP contribution >= 0.6 is 0 Å². The van der Waals surface area contributed by atoms with Crippen LogP contribution in [0, 0.1) is 13.8 Å². The number of aryl methyl sites for hydroxylation is 2. The highest BCUT2D eigenvalue weighted by Gasteiger charge is 2.48. The minimum absolute atomic E-state index is 0.00767. The Kier molecular flexibility index (Phi) is 4.61. The largest absolute Gasteiger partial charge is 0.442 e. The number of hydrogen-bond acceptors (Lipinski definition) is 4. The van der Waals surface area contributed by atoms with Crippen molar-refractivity contribution in [3.05, 3.63) is 34.9 Å². The van der Waals surface area contributed by atoms with E-state index < -0.39 is 0 Å². The van der Waals surface area contributed by atoms with E-state index in [4.69, 9.17) is 4.74 Å². The van der Waals surface area contributed by atoms with Gasteiger partial charge in [-0.1, -0.05) is 29.3 Å². The molecule has 0 unspecified atom stereocenters. The summed E-state index contributed by atoms with van der Waals surface area (Å²) in [5.74, 6) is 0.179. The van der Waals surface area contributed by atoms with Gasteiger partial charge >= 0.3 is 6.09 Å². The normalized spacial score (nSPS) is 26.2. The van der Waals surface area contributed by atoms with Crippen molar-refractivity contribution in [1.29, 1.82) is 0 Å². The number of nitrogens with zero attached hydrogens (tertiary/aromatic N) is 2. The van der Waals surface area contributed by atoms with E-state index in [1.165, 1.54) is 11.1 Å². The van der Waals surface area contributed by atoms with Gasteiger partial charge in [0.1, 0.15) is 6.10 Å². The van der Waals surface area contributed by atoms with Gasteiger partial charge in [-0.15, -0.1) is 0 Å². The maximum Gasteiger partial charge on any atom is 0.410 e. The number of fused-ring (bicyclic) bond motifs is 1. The van der Waals surface area contributed by atoms with Crippen LogP contribution in [0.2, 0.25) is 0 Å². The highest BCUT2D eigenvalue weighted by Crippen LogP contribution is 2.29.